The Morgan fingerprint density at radius 1 is 1.25 bits per heavy atom. The zero-order chi connectivity index (χ0) is 14.5. The van der Waals surface area contributed by atoms with E-state index in [1.165, 1.54) is 25.7 Å². The second-order valence-electron chi connectivity index (χ2n) is 5.86. The van der Waals surface area contributed by atoms with Gasteiger partial charge in [-0.3, -0.25) is 0 Å². The first-order valence-electron chi connectivity index (χ1n) is 7.52. The van der Waals surface area contributed by atoms with E-state index in [-0.39, 0.29) is 0 Å². The predicted octanol–water partition coefficient (Wildman–Crippen LogP) is 5.02. The van der Waals surface area contributed by atoms with Crippen molar-refractivity contribution in [2.45, 2.75) is 58.0 Å². The van der Waals surface area contributed by atoms with Crippen LogP contribution in [0.25, 0.3) is 0 Å². The third-order valence-electron chi connectivity index (χ3n) is 3.95. The van der Waals surface area contributed by atoms with Gasteiger partial charge in [-0.2, -0.15) is 0 Å². The van der Waals surface area contributed by atoms with Gasteiger partial charge in [-0.15, -0.1) is 0 Å². The second kappa shape index (κ2) is 7.53. The molecule has 0 spiro atoms. The lowest BCUT2D eigenvalue weighted by Crippen LogP contribution is -2.33. The second-order valence-corrected chi connectivity index (χ2v) is 6.68. The summed E-state index contributed by atoms with van der Waals surface area (Å²) in [5.41, 5.74) is 1.95. The minimum atomic E-state index is 0.377. The molecular weight excluding hydrogens is 291 g/mol. The molecule has 0 radical (unpaired) electrons. The monoisotopic (exact) mass is 314 g/mol. The molecule has 2 unspecified atom stereocenters. The summed E-state index contributed by atoms with van der Waals surface area (Å²) in [7, 11) is 0. The van der Waals surface area contributed by atoms with Crippen LogP contribution in [0, 0.1) is 6.92 Å². The third kappa shape index (κ3) is 4.54. The third-order valence-corrected chi connectivity index (χ3v) is 4.67. The molecule has 0 saturated carbocycles. The van der Waals surface area contributed by atoms with E-state index in [2.05, 4.69) is 17.6 Å². The Hall–Kier alpha value is -0.440. The van der Waals surface area contributed by atoms with Crippen LogP contribution in [0.1, 0.15) is 44.6 Å². The maximum absolute atomic E-state index is 6.28. The van der Waals surface area contributed by atoms with Crippen LogP contribution < -0.4 is 10.6 Å². The molecule has 2 rings (SSSR count). The van der Waals surface area contributed by atoms with Crippen LogP contribution in [0.2, 0.25) is 10.0 Å². The minimum absolute atomic E-state index is 0.377. The molecule has 0 amide bonds. The number of aryl methyl sites for hydroxylation is 1. The van der Waals surface area contributed by atoms with E-state index in [4.69, 9.17) is 23.2 Å². The van der Waals surface area contributed by atoms with E-state index in [1.54, 1.807) is 0 Å². The van der Waals surface area contributed by atoms with E-state index < -0.39 is 0 Å². The van der Waals surface area contributed by atoms with Crippen molar-refractivity contribution in [1.82, 2.24) is 5.32 Å². The molecule has 2 nitrogen and oxygen atoms in total. The van der Waals surface area contributed by atoms with Crippen molar-refractivity contribution in [1.29, 1.82) is 0 Å². The Morgan fingerprint density at radius 2 is 2.05 bits per heavy atom. The molecule has 2 N–H and O–H groups in total. The van der Waals surface area contributed by atoms with Crippen molar-refractivity contribution in [3.05, 3.63) is 27.7 Å². The van der Waals surface area contributed by atoms with Crippen LogP contribution in [0.5, 0.6) is 0 Å². The van der Waals surface area contributed by atoms with E-state index in [1.807, 2.05) is 19.1 Å². The van der Waals surface area contributed by atoms with Crippen LogP contribution in [-0.4, -0.2) is 18.6 Å². The Kier molecular flexibility index (Phi) is 6.01. The molecule has 0 aliphatic carbocycles. The number of halogens is 2. The molecule has 1 aromatic carbocycles. The molecule has 2 atom stereocenters. The van der Waals surface area contributed by atoms with Gasteiger partial charge in [-0.25, -0.2) is 0 Å². The molecular formula is C16H24Cl2N2. The van der Waals surface area contributed by atoms with Gasteiger partial charge in [0.05, 0.1) is 10.7 Å². The normalized spacial score (nSPS) is 21.3. The van der Waals surface area contributed by atoms with Crippen LogP contribution >= 0.6 is 23.2 Å². The number of hydrogen-bond donors (Lipinski definition) is 2. The van der Waals surface area contributed by atoms with Crippen molar-refractivity contribution in [2.24, 2.45) is 0 Å². The number of nitrogens with one attached hydrogen (secondary N) is 2. The fraction of sp³-hybridized carbons (Fsp3) is 0.625. The van der Waals surface area contributed by atoms with Crippen molar-refractivity contribution >= 4 is 28.9 Å². The zero-order valence-electron chi connectivity index (χ0n) is 12.3. The van der Waals surface area contributed by atoms with Gasteiger partial charge >= 0.3 is 0 Å². The number of rotatable bonds is 4. The van der Waals surface area contributed by atoms with Crippen LogP contribution in [0.4, 0.5) is 5.69 Å². The van der Waals surface area contributed by atoms with Crippen LogP contribution in [-0.2, 0) is 0 Å². The molecule has 20 heavy (non-hydrogen) atoms. The molecule has 1 heterocycles. The largest absolute Gasteiger partial charge is 0.381 e. The Labute approximate surface area is 132 Å². The Balaban J connectivity index is 1.93. The van der Waals surface area contributed by atoms with Crippen molar-refractivity contribution in [3.63, 3.8) is 0 Å². The SMILES string of the molecule is Cc1cc(Cl)c(NC(C)CC2CCCCCN2)cc1Cl. The molecule has 1 aliphatic heterocycles. The number of hydrogen-bond acceptors (Lipinski definition) is 2. The first-order valence-corrected chi connectivity index (χ1v) is 8.27. The maximum Gasteiger partial charge on any atom is 0.0641 e. The summed E-state index contributed by atoms with van der Waals surface area (Å²) in [4.78, 5) is 0. The molecule has 112 valence electrons. The average molecular weight is 315 g/mol. The predicted molar refractivity (Wildman–Crippen MR) is 89.2 cm³/mol. The zero-order valence-corrected chi connectivity index (χ0v) is 13.8. The summed E-state index contributed by atoms with van der Waals surface area (Å²) >= 11 is 12.4. The fourth-order valence-electron chi connectivity index (χ4n) is 2.81. The van der Waals surface area contributed by atoms with Crippen LogP contribution in [0.15, 0.2) is 12.1 Å². The molecule has 1 saturated heterocycles. The van der Waals surface area contributed by atoms with Gasteiger partial charge in [0.25, 0.3) is 0 Å². The smallest absolute Gasteiger partial charge is 0.0641 e. The highest BCUT2D eigenvalue weighted by molar-refractivity contribution is 6.35. The fourth-order valence-corrected chi connectivity index (χ4v) is 3.25. The first kappa shape index (κ1) is 15.9. The van der Waals surface area contributed by atoms with Gasteiger partial charge in [-0.1, -0.05) is 36.0 Å². The highest BCUT2D eigenvalue weighted by Gasteiger charge is 2.15. The summed E-state index contributed by atoms with van der Waals surface area (Å²) in [6.07, 6.45) is 6.38. The average Bonchev–Trinajstić information content (AvgIpc) is 2.64. The summed E-state index contributed by atoms with van der Waals surface area (Å²) in [5.74, 6) is 0. The summed E-state index contributed by atoms with van der Waals surface area (Å²) < 4.78 is 0. The van der Waals surface area contributed by atoms with Gasteiger partial charge in [0, 0.05) is 17.1 Å². The molecule has 1 aliphatic rings. The van der Waals surface area contributed by atoms with Gasteiger partial charge < -0.3 is 10.6 Å². The lowest BCUT2D eigenvalue weighted by Gasteiger charge is -2.23. The minimum Gasteiger partial charge on any atom is -0.381 e. The quantitative estimate of drug-likeness (QED) is 0.815. The van der Waals surface area contributed by atoms with Gasteiger partial charge in [0.15, 0.2) is 0 Å². The lowest BCUT2D eigenvalue weighted by molar-refractivity contribution is 0.456. The summed E-state index contributed by atoms with van der Waals surface area (Å²) in [6, 6.07) is 4.83. The summed E-state index contributed by atoms with van der Waals surface area (Å²) in [5, 5.41) is 8.63. The van der Waals surface area contributed by atoms with Gasteiger partial charge in [0.1, 0.15) is 0 Å². The number of anilines is 1. The van der Waals surface area contributed by atoms with E-state index in [9.17, 15) is 0 Å². The van der Waals surface area contributed by atoms with E-state index in [0.29, 0.717) is 12.1 Å². The van der Waals surface area contributed by atoms with Gasteiger partial charge in [0.2, 0.25) is 0 Å². The van der Waals surface area contributed by atoms with E-state index >= 15 is 0 Å². The topological polar surface area (TPSA) is 24.1 Å². The lowest BCUT2D eigenvalue weighted by atomic mass is 10.0. The Morgan fingerprint density at radius 3 is 2.85 bits per heavy atom. The summed E-state index contributed by atoms with van der Waals surface area (Å²) in [6.45, 7) is 5.32. The van der Waals surface area contributed by atoms with Crippen molar-refractivity contribution in [2.75, 3.05) is 11.9 Å². The van der Waals surface area contributed by atoms with E-state index in [0.717, 1.165) is 34.3 Å². The van der Waals surface area contributed by atoms with Crippen LogP contribution in [0.3, 0.4) is 0 Å². The molecule has 1 fully saturated rings. The molecule has 0 aromatic heterocycles. The molecule has 1 aromatic rings. The Bertz CT molecular complexity index is 440. The maximum atomic E-state index is 6.28. The molecule has 0 bridgehead atoms. The highest BCUT2D eigenvalue weighted by atomic mass is 35.5. The highest BCUT2D eigenvalue weighted by Crippen LogP contribution is 2.29. The standard InChI is InChI=1S/C16H24Cl2N2/c1-11-8-15(18)16(10-14(11)17)20-12(2)9-13-6-4-3-5-7-19-13/h8,10,12-13,19-20H,3-7,9H2,1-2H3. The first-order chi connectivity index (χ1) is 9.56. The molecule has 4 heteroatoms. The van der Waals surface area contributed by atoms with Crippen molar-refractivity contribution in [3.8, 4) is 0 Å². The van der Waals surface area contributed by atoms with Gasteiger partial charge in [-0.05, 0) is 57.4 Å². The number of benzene rings is 1. The van der Waals surface area contributed by atoms with Crippen molar-refractivity contribution < 1.29 is 0 Å².